The van der Waals surface area contributed by atoms with Crippen LogP contribution in [0, 0.1) is 11.8 Å². The Morgan fingerprint density at radius 3 is 1.75 bits per heavy atom. The van der Waals surface area contributed by atoms with E-state index >= 15 is 33.6 Å². The van der Waals surface area contributed by atoms with Crippen LogP contribution in [0.4, 0.5) is 0 Å². The number of hydrogen-bond donors (Lipinski definition) is 16. The molecule has 0 bridgehead atoms. The number of aliphatic carboxylic acids is 1. The van der Waals surface area contributed by atoms with Crippen molar-refractivity contribution in [2.24, 2.45) is 22.6 Å². The van der Waals surface area contributed by atoms with Crippen LogP contribution in [0.25, 0.3) is 21.8 Å². The molecule has 0 aliphatic carbocycles. The number of carbonyl (C=O) groups excluding carboxylic acids is 16. The summed E-state index contributed by atoms with van der Waals surface area (Å²) in [4.78, 5) is 264. The number of H-pyrrole nitrogens is 2. The van der Waals surface area contributed by atoms with Crippen molar-refractivity contribution in [3.63, 3.8) is 0 Å². The fraction of sp³-hybridized carbons (Fsp3) is 0.533. The number of Topliss-reactive ketones (excluding diaryl/α,β-unsaturated/α-hetero) is 1. The Balaban J connectivity index is 1.08. The average molecular weight is 1820 g/mol. The van der Waals surface area contributed by atoms with Crippen LogP contribution in [0.2, 0.25) is 0 Å². The Bertz CT molecular complexity index is 5020. The summed E-state index contributed by atoms with van der Waals surface area (Å²) in [5.41, 5.74) is 8.67. The van der Waals surface area contributed by atoms with Gasteiger partial charge in [0.15, 0.2) is 5.78 Å². The van der Waals surface area contributed by atoms with Gasteiger partial charge in [0.2, 0.25) is 88.6 Å². The van der Waals surface area contributed by atoms with Crippen LogP contribution in [0.1, 0.15) is 148 Å². The predicted molar refractivity (Wildman–Crippen MR) is 479 cm³/mol. The maximum atomic E-state index is 15.6. The number of fused-ring (bicyclic) bond motifs is 4. The summed E-state index contributed by atoms with van der Waals surface area (Å²) in [6, 6.07) is 0.238. The number of nitrogens with zero attached hydrogens (tertiary/aromatic N) is 6. The van der Waals surface area contributed by atoms with Gasteiger partial charge in [0, 0.05) is 125 Å². The van der Waals surface area contributed by atoms with Crippen molar-refractivity contribution in [2.45, 2.75) is 235 Å². The van der Waals surface area contributed by atoms with E-state index in [-0.39, 0.29) is 88.8 Å². The van der Waals surface area contributed by atoms with E-state index in [4.69, 9.17) is 5.73 Å². The van der Waals surface area contributed by atoms with Crippen LogP contribution in [-0.4, -0.2) is 305 Å². The van der Waals surface area contributed by atoms with Crippen molar-refractivity contribution in [3.8, 4) is 5.75 Å². The fourth-order valence-corrected chi connectivity index (χ4v) is 17.4. The number of aliphatic hydroxyl groups excluding tert-OH is 2. The number of rotatable bonds is 22. The Morgan fingerprint density at radius 1 is 0.600 bits per heavy atom. The molecule has 3 aromatic carbocycles. The quantitative estimate of drug-likeness (QED) is 0.0443. The predicted octanol–water partition coefficient (Wildman–Crippen LogP) is 0.300. The lowest BCUT2D eigenvalue weighted by Crippen LogP contribution is -2.61. The molecule has 3 saturated heterocycles. The number of unbranched alkanes of at least 4 members (excludes halogenated alkanes) is 2. The van der Waals surface area contributed by atoms with Crippen LogP contribution < -0.4 is 53.6 Å². The van der Waals surface area contributed by atoms with Crippen LogP contribution in [0.15, 0.2) is 102 Å². The highest BCUT2D eigenvalue weighted by Gasteiger charge is 2.47. The van der Waals surface area contributed by atoms with Gasteiger partial charge < -0.3 is 108 Å². The number of likely N-dealkylation sites (N-methyl/N-ethyl adjacent to an activating group) is 3. The first kappa shape index (κ1) is 101. The zero-order valence-corrected chi connectivity index (χ0v) is 75.5. The van der Waals surface area contributed by atoms with Crippen LogP contribution in [0.5, 0.6) is 5.75 Å². The highest BCUT2D eigenvalue weighted by molar-refractivity contribution is 8.00. The zero-order chi connectivity index (χ0) is 94.9. The number of aromatic nitrogens is 2. The molecular weight excluding hydrogens is 1700 g/mol. The van der Waals surface area contributed by atoms with Crippen molar-refractivity contribution in [2.75, 3.05) is 58.9 Å². The van der Waals surface area contributed by atoms with Crippen molar-refractivity contribution in [3.05, 3.63) is 114 Å². The number of aromatic hydroxyl groups is 1. The fourth-order valence-electron chi connectivity index (χ4n) is 16.5. The minimum absolute atomic E-state index is 0.00228. The van der Waals surface area contributed by atoms with Gasteiger partial charge in [-0.3, -0.25) is 86.5 Å². The summed E-state index contributed by atoms with van der Waals surface area (Å²) in [7, 11) is 3.95. The highest BCUT2D eigenvalue weighted by atomic mass is 32.2. The number of para-hydroxylation sites is 2. The van der Waals surface area contributed by atoms with Crippen LogP contribution in [-0.2, 0) is 101 Å². The molecule has 40 heteroatoms. The number of aromatic amines is 2. The Kier molecular flexibility index (Phi) is 37.1. The zero-order valence-electron chi connectivity index (χ0n) is 74.6. The molecule has 9 rings (SSSR count). The van der Waals surface area contributed by atoms with Gasteiger partial charge in [-0.2, -0.15) is 0 Å². The second-order valence-electron chi connectivity index (χ2n) is 34.1. The Morgan fingerprint density at radius 2 is 1.15 bits per heavy atom. The van der Waals surface area contributed by atoms with Gasteiger partial charge in [0.05, 0.1) is 43.4 Å². The average Bonchev–Trinajstić information content (AvgIpc) is 1.63. The lowest BCUT2D eigenvalue weighted by molar-refractivity contribution is -0.149. The molecule has 0 unspecified atom stereocenters. The molecule has 5 aromatic rings. The van der Waals surface area contributed by atoms with Crippen molar-refractivity contribution < 1.29 is 102 Å². The maximum absolute atomic E-state index is 15.6. The van der Waals surface area contributed by atoms with E-state index in [0.717, 1.165) is 36.3 Å². The van der Waals surface area contributed by atoms with Gasteiger partial charge in [-0.15, -0.1) is 11.8 Å². The standard InChI is InChI=1S/C90H122N18O21S/c1-10-12-23-70-83(122)96-50(5)78(117)103-69(79(118)95-44-75(91)113)47-130-48-76(114)97-66(34-52-26-28-57(110)29-27-52)87(126)104(7)51(6)74(112)38-54(39-77(115)116)86(125)107-32-18-25-71(107)84(123)98-63(35-53-30-31-92-41-53)80(119)100-65(33-49(3)4)89(128)108-45-58(111)40-73(108)85(124)99-64(36-55-42-93-61-21-16-14-19-59(55)61)81(120)102-68(46-109)82(121)101-67(37-56-43-94-62-22-17-15-20-60(56)62)88(127)106(9)72(24-13-11-2)90(129)105(70)8/h14-17,19-22,26-29,31,41-43,49-51,54,58,63-73,93-94,109-111H,10-13,18,23-25,30,32-40,44-48H2,1-9H3,(H2,91,113)(H,95,118)(H,96,122)(H,97,114)(H,98,123)(H,99,124)(H,100,119)(H,101,121)(H,102,120)(H,103,117)(H,115,116)/t50-,51+,54-,58+,63-,64-,65-,66-,67-,68-,69-,70-,71-,72-,73-/m0/s1. The molecule has 3 fully saturated rings. The molecule has 15 amide bonds. The number of carboxylic acid groups (broad SMARTS) is 1. The normalized spacial score (nSPS) is 25.8. The number of carboxylic acids is 1. The number of nitrogens with one attached hydrogen (secondary N) is 11. The van der Waals surface area contributed by atoms with Crippen molar-refractivity contribution >= 4 is 140 Å². The number of hydrogen-bond acceptors (Lipinski definition) is 22. The van der Waals surface area contributed by atoms with Crippen molar-refractivity contribution in [1.82, 2.24) is 82.3 Å². The van der Waals surface area contributed by atoms with E-state index in [2.05, 4.69) is 62.8 Å². The summed E-state index contributed by atoms with van der Waals surface area (Å²) >= 11 is 0.785. The molecule has 0 saturated carbocycles. The molecule has 130 heavy (non-hydrogen) atoms. The minimum atomic E-state index is -1.87. The molecule has 704 valence electrons. The summed E-state index contributed by atoms with van der Waals surface area (Å²) in [6.07, 6.45) is 4.07. The topological polar surface area (TPSA) is 566 Å². The number of thioether (sulfide) groups is 1. The van der Waals surface area contributed by atoms with Gasteiger partial charge in [-0.1, -0.05) is 102 Å². The molecule has 6 heterocycles. The first-order valence-electron chi connectivity index (χ1n) is 44.0. The number of aliphatic hydroxyl groups is 2. The molecule has 17 N–H and O–H groups in total. The van der Waals surface area contributed by atoms with Gasteiger partial charge in [-0.25, -0.2) is 0 Å². The smallest absolute Gasteiger partial charge is 0.304 e. The number of phenolic OH excluding ortho intramolecular Hbond substituents is 1. The third-order valence-corrected chi connectivity index (χ3v) is 25.0. The lowest BCUT2D eigenvalue weighted by Gasteiger charge is -2.36. The number of benzene rings is 3. The molecule has 39 nitrogen and oxygen atoms in total. The molecule has 4 aliphatic rings. The van der Waals surface area contributed by atoms with E-state index in [1.54, 1.807) is 81.0 Å². The second-order valence-corrected chi connectivity index (χ2v) is 35.2. The number of aliphatic imine (C=N–C) groups is 1. The van der Waals surface area contributed by atoms with Gasteiger partial charge in [-0.05, 0) is 105 Å². The number of amides is 15. The first-order valence-corrected chi connectivity index (χ1v) is 45.1. The summed E-state index contributed by atoms with van der Waals surface area (Å²) in [5, 5.41) is 68.2. The van der Waals surface area contributed by atoms with Gasteiger partial charge in [0.25, 0.3) is 0 Å². The monoisotopic (exact) mass is 1820 g/mol. The maximum Gasteiger partial charge on any atom is 0.304 e. The van der Waals surface area contributed by atoms with Gasteiger partial charge in [0.1, 0.15) is 78.3 Å². The number of phenols is 1. The Hall–Kier alpha value is -12.6. The van der Waals surface area contributed by atoms with E-state index in [1.807, 2.05) is 13.8 Å². The van der Waals surface area contributed by atoms with Gasteiger partial charge >= 0.3 is 5.97 Å². The molecule has 0 radical (unpaired) electrons. The molecule has 0 spiro atoms. The molecule has 2 aromatic heterocycles. The van der Waals surface area contributed by atoms with E-state index < -0.39 is 235 Å². The molecule has 15 atom stereocenters. The minimum Gasteiger partial charge on any atom is -0.508 e. The van der Waals surface area contributed by atoms with E-state index in [9.17, 15) is 68.4 Å². The van der Waals surface area contributed by atoms with E-state index in [0.29, 0.717) is 69.8 Å². The van der Waals surface area contributed by atoms with Crippen LogP contribution in [0.3, 0.4) is 0 Å². The largest absolute Gasteiger partial charge is 0.508 e. The number of primary amides is 1. The number of nitrogens with two attached hydrogens (primary N) is 1. The van der Waals surface area contributed by atoms with Crippen molar-refractivity contribution in [1.29, 1.82) is 0 Å². The molecule has 4 aliphatic heterocycles. The summed E-state index contributed by atoms with van der Waals surface area (Å²) < 4.78 is 0. The van der Waals surface area contributed by atoms with Crippen LogP contribution >= 0.6 is 11.8 Å². The lowest BCUT2D eigenvalue weighted by atomic mass is 9.93. The third kappa shape index (κ3) is 27.3. The Labute approximate surface area is 756 Å². The second kappa shape index (κ2) is 47.6. The number of carbonyl (C=O) groups is 17. The summed E-state index contributed by atoms with van der Waals surface area (Å²) in [6.45, 7) is 7.49. The SMILES string of the molecule is CCCC[C@H]1C(=O)N(C)[C@@H](CCCC)C(=O)N[C@@H](C)C(=O)N[C@H](C(=O)NCC(N)=O)CSCC(=O)N[C@@H](Cc2ccc(O)cc2)C(=O)N(C)[C@H](C)C(=O)C[C@@H](CC(=O)O)C(=O)N2CCC[C@H]2C(=O)N[C@@H](CC2=CN=CC2)C(=O)N[C@@H](CC(C)C)C(=O)N2C[C@H](O)C[C@H]2C(=O)N[C@@H](Cc2c[nH]c3ccccc23)C(=O)N[C@@H](CO)C(=O)N[C@@H](Cc2c[nH]c3ccccc23)C(=O)N1C. The first-order chi connectivity index (χ1) is 61.9. The summed E-state index contributed by atoms with van der Waals surface area (Å²) in [5.74, 6) is -18.9. The number of ketones is 1. The highest BCUT2D eigenvalue weighted by Crippen LogP contribution is 2.30. The molecular formula is C90H122N18O21S. The van der Waals surface area contributed by atoms with E-state index in [1.165, 1.54) is 65.5 Å². The third-order valence-electron chi connectivity index (χ3n) is 23.9.